The van der Waals surface area contributed by atoms with E-state index in [9.17, 15) is 4.79 Å². The van der Waals surface area contributed by atoms with Crippen molar-refractivity contribution in [2.45, 2.75) is 6.54 Å². The van der Waals surface area contributed by atoms with Crippen molar-refractivity contribution in [3.05, 3.63) is 60.3 Å². The van der Waals surface area contributed by atoms with Crippen molar-refractivity contribution >= 4 is 33.8 Å². The van der Waals surface area contributed by atoms with Crippen molar-refractivity contribution in [1.82, 2.24) is 14.5 Å². The third-order valence-electron chi connectivity index (χ3n) is 4.43. The number of fused-ring (bicyclic) bond motifs is 4. The first kappa shape index (κ1) is 12.5. The molecule has 0 saturated heterocycles. The molecule has 3 heterocycles. The molecule has 0 unspecified atom stereocenters. The molecular weight excluding hydrogens is 288 g/mol. The number of carbonyl (C=O) groups excluding carboxylic acids is 1. The fourth-order valence-electron chi connectivity index (χ4n) is 3.32. The molecule has 0 atom stereocenters. The van der Waals surface area contributed by atoms with Gasteiger partial charge < -0.3 is 9.55 Å². The molecule has 23 heavy (non-hydrogen) atoms. The van der Waals surface area contributed by atoms with Gasteiger partial charge >= 0.3 is 0 Å². The van der Waals surface area contributed by atoms with E-state index < -0.39 is 0 Å². The van der Waals surface area contributed by atoms with E-state index in [1.165, 1.54) is 0 Å². The van der Waals surface area contributed by atoms with Gasteiger partial charge in [0.25, 0.3) is 5.91 Å². The summed E-state index contributed by atoms with van der Waals surface area (Å²) in [6.45, 7) is 1.43. The van der Waals surface area contributed by atoms with E-state index in [4.69, 9.17) is 0 Å². The highest BCUT2D eigenvalue weighted by Gasteiger charge is 2.29. The van der Waals surface area contributed by atoms with Crippen LogP contribution in [-0.4, -0.2) is 27.0 Å². The van der Waals surface area contributed by atoms with E-state index in [0.717, 1.165) is 34.4 Å². The molecule has 0 fully saturated rings. The maximum absolute atomic E-state index is 12.9. The molecular formula is C18H14N4O. The Balaban J connectivity index is 1.59. The van der Waals surface area contributed by atoms with E-state index >= 15 is 0 Å². The molecule has 1 aliphatic heterocycles. The molecule has 5 nitrogen and oxygen atoms in total. The lowest BCUT2D eigenvalue weighted by atomic mass is 10.2. The van der Waals surface area contributed by atoms with E-state index in [2.05, 4.69) is 14.5 Å². The van der Waals surface area contributed by atoms with E-state index in [-0.39, 0.29) is 5.91 Å². The van der Waals surface area contributed by atoms with Gasteiger partial charge in [-0.2, -0.15) is 0 Å². The molecule has 0 aliphatic carbocycles. The van der Waals surface area contributed by atoms with Gasteiger partial charge in [-0.25, -0.2) is 4.98 Å². The van der Waals surface area contributed by atoms with Crippen LogP contribution in [0.1, 0.15) is 10.5 Å². The number of aromatic nitrogens is 3. The zero-order valence-corrected chi connectivity index (χ0v) is 12.4. The molecule has 1 N–H and O–H groups in total. The Kier molecular flexibility index (Phi) is 2.42. The number of rotatable bonds is 1. The SMILES string of the molecule is O=C(c1cc2ccccc2[nH]1)N1CCn2c1nc1ccccc12. The molecule has 5 heteroatoms. The summed E-state index contributed by atoms with van der Waals surface area (Å²) in [6, 6.07) is 17.8. The molecule has 2 aromatic carbocycles. The number of H-pyrrole nitrogens is 1. The predicted molar refractivity (Wildman–Crippen MR) is 89.7 cm³/mol. The van der Waals surface area contributed by atoms with Crippen LogP contribution in [0.4, 0.5) is 5.95 Å². The van der Waals surface area contributed by atoms with Crippen LogP contribution in [0.15, 0.2) is 54.6 Å². The Bertz CT molecular complexity index is 1030. The summed E-state index contributed by atoms with van der Waals surface area (Å²) in [4.78, 5) is 22.5. The molecule has 0 bridgehead atoms. The molecule has 1 amide bonds. The number of hydrogen-bond acceptors (Lipinski definition) is 2. The molecule has 1 aliphatic rings. The number of nitrogens with one attached hydrogen (secondary N) is 1. The van der Waals surface area contributed by atoms with Crippen LogP contribution in [0.25, 0.3) is 21.9 Å². The van der Waals surface area contributed by atoms with Gasteiger partial charge in [0, 0.05) is 24.0 Å². The lowest BCUT2D eigenvalue weighted by molar-refractivity contribution is 0.0985. The second-order valence-electron chi connectivity index (χ2n) is 5.78. The molecule has 4 aromatic rings. The quantitative estimate of drug-likeness (QED) is 0.587. The number of para-hydroxylation sites is 3. The molecule has 5 rings (SSSR count). The lowest BCUT2D eigenvalue weighted by Gasteiger charge is -2.12. The standard InChI is InChI=1S/C18H14N4O/c23-17(15-11-12-5-1-2-6-13(12)19-15)22-10-9-21-16-8-4-3-7-14(16)20-18(21)22/h1-8,11,19H,9-10H2. The van der Waals surface area contributed by atoms with Gasteiger partial charge in [-0.15, -0.1) is 0 Å². The van der Waals surface area contributed by atoms with Crippen LogP contribution >= 0.6 is 0 Å². The number of benzene rings is 2. The van der Waals surface area contributed by atoms with Crippen LogP contribution in [-0.2, 0) is 6.54 Å². The third-order valence-corrected chi connectivity index (χ3v) is 4.43. The van der Waals surface area contributed by atoms with Crippen LogP contribution in [0.5, 0.6) is 0 Å². The highest BCUT2D eigenvalue weighted by atomic mass is 16.2. The highest BCUT2D eigenvalue weighted by molar-refractivity contribution is 6.07. The summed E-state index contributed by atoms with van der Waals surface area (Å²) >= 11 is 0. The number of anilines is 1. The molecule has 0 spiro atoms. The Labute approximate surface area is 132 Å². The van der Waals surface area contributed by atoms with Crippen molar-refractivity contribution in [2.75, 3.05) is 11.4 Å². The average molecular weight is 302 g/mol. The monoisotopic (exact) mass is 302 g/mol. The van der Waals surface area contributed by atoms with Crippen LogP contribution in [0.3, 0.4) is 0 Å². The minimum absolute atomic E-state index is 0.0322. The number of amides is 1. The first-order valence-electron chi connectivity index (χ1n) is 7.66. The largest absolute Gasteiger partial charge is 0.351 e. The Morgan fingerprint density at radius 3 is 2.78 bits per heavy atom. The molecule has 2 aromatic heterocycles. The van der Waals surface area contributed by atoms with Gasteiger partial charge in [0.1, 0.15) is 5.69 Å². The average Bonchev–Trinajstić information content (AvgIpc) is 3.26. The van der Waals surface area contributed by atoms with Gasteiger partial charge in [0.15, 0.2) is 0 Å². The minimum atomic E-state index is -0.0322. The molecule has 0 radical (unpaired) electrons. The number of carbonyl (C=O) groups is 1. The normalized spacial score (nSPS) is 13.8. The summed E-state index contributed by atoms with van der Waals surface area (Å²) in [7, 11) is 0. The number of aromatic amines is 1. The van der Waals surface area contributed by atoms with Crippen LogP contribution in [0.2, 0.25) is 0 Å². The summed E-state index contributed by atoms with van der Waals surface area (Å²) in [6.07, 6.45) is 0. The van der Waals surface area contributed by atoms with E-state index in [1.807, 2.05) is 54.6 Å². The van der Waals surface area contributed by atoms with Gasteiger partial charge in [0.2, 0.25) is 5.95 Å². The van der Waals surface area contributed by atoms with Gasteiger partial charge in [-0.3, -0.25) is 9.69 Å². The molecule has 112 valence electrons. The minimum Gasteiger partial charge on any atom is -0.351 e. The third kappa shape index (κ3) is 1.73. The zero-order chi connectivity index (χ0) is 15.4. The Morgan fingerprint density at radius 2 is 1.87 bits per heavy atom. The van der Waals surface area contributed by atoms with Crippen molar-refractivity contribution < 1.29 is 4.79 Å². The van der Waals surface area contributed by atoms with Crippen molar-refractivity contribution in [2.24, 2.45) is 0 Å². The first-order valence-corrected chi connectivity index (χ1v) is 7.66. The fraction of sp³-hybridized carbons (Fsp3) is 0.111. The van der Waals surface area contributed by atoms with Gasteiger partial charge in [-0.05, 0) is 24.3 Å². The predicted octanol–water partition coefficient (Wildman–Crippen LogP) is 3.18. The number of hydrogen-bond donors (Lipinski definition) is 1. The number of nitrogens with zero attached hydrogens (tertiary/aromatic N) is 3. The van der Waals surface area contributed by atoms with Gasteiger partial charge in [-0.1, -0.05) is 30.3 Å². The van der Waals surface area contributed by atoms with E-state index in [1.54, 1.807) is 4.90 Å². The Morgan fingerprint density at radius 1 is 1.04 bits per heavy atom. The second-order valence-corrected chi connectivity index (χ2v) is 5.78. The van der Waals surface area contributed by atoms with Crippen LogP contribution < -0.4 is 4.90 Å². The maximum atomic E-state index is 12.9. The summed E-state index contributed by atoms with van der Waals surface area (Å²) in [5, 5.41) is 1.04. The van der Waals surface area contributed by atoms with Gasteiger partial charge in [0.05, 0.1) is 11.0 Å². The highest BCUT2D eigenvalue weighted by Crippen LogP contribution is 2.28. The Hall–Kier alpha value is -3.08. The smallest absolute Gasteiger partial charge is 0.277 e. The lowest BCUT2D eigenvalue weighted by Crippen LogP contribution is -2.29. The second kappa shape index (κ2) is 4.46. The topological polar surface area (TPSA) is 53.9 Å². The summed E-state index contributed by atoms with van der Waals surface area (Å²) < 4.78 is 2.11. The zero-order valence-electron chi connectivity index (χ0n) is 12.4. The first-order chi connectivity index (χ1) is 11.3. The van der Waals surface area contributed by atoms with Crippen molar-refractivity contribution in [1.29, 1.82) is 0 Å². The van der Waals surface area contributed by atoms with E-state index in [0.29, 0.717) is 12.2 Å². The number of imidazole rings is 1. The maximum Gasteiger partial charge on any atom is 0.277 e. The summed E-state index contributed by atoms with van der Waals surface area (Å²) in [5.74, 6) is 0.699. The van der Waals surface area contributed by atoms with Crippen molar-refractivity contribution in [3.63, 3.8) is 0 Å². The van der Waals surface area contributed by atoms with Crippen LogP contribution in [0, 0.1) is 0 Å². The molecule has 0 saturated carbocycles. The van der Waals surface area contributed by atoms with Crippen molar-refractivity contribution in [3.8, 4) is 0 Å². The fourth-order valence-corrected chi connectivity index (χ4v) is 3.32. The summed E-state index contributed by atoms with van der Waals surface area (Å²) in [5.41, 5.74) is 3.58.